The van der Waals surface area contributed by atoms with Crippen LogP contribution in [0.15, 0.2) is 29.5 Å². The molecule has 38 heavy (non-hydrogen) atoms. The van der Waals surface area contributed by atoms with E-state index < -0.39 is 12.0 Å². The molecule has 11 heteroatoms. The van der Waals surface area contributed by atoms with Gasteiger partial charge in [-0.2, -0.15) is 0 Å². The number of hydrogen-bond acceptors (Lipinski definition) is 7. The summed E-state index contributed by atoms with van der Waals surface area (Å²) in [5.41, 5.74) is 1.53. The van der Waals surface area contributed by atoms with E-state index in [-0.39, 0.29) is 30.8 Å². The molecule has 1 saturated heterocycles. The molecule has 210 valence electrons. The SMILES string of the molecule is CCOC(=O)C1=C(CN2CCN(C(=O)NC(C)C)[C@H](C)C2)N(CC)C(=O)N[C@@H]1c1cc(OC)ccc1OC. The molecule has 1 fully saturated rings. The first kappa shape index (κ1) is 29.1. The molecule has 3 rings (SSSR count). The van der Waals surface area contributed by atoms with Crippen molar-refractivity contribution in [3.05, 3.63) is 35.0 Å². The molecule has 0 radical (unpaired) electrons. The van der Waals surface area contributed by atoms with E-state index in [1.54, 1.807) is 44.2 Å². The van der Waals surface area contributed by atoms with Crippen LogP contribution in [0, 0.1) is 0 Å². The Hall–Kier alpha value is -3.47. The Morgan fingerprint density at radius 2 is 1.89 bits per heavy atom. The van der Waals surface area contributed by atoms with Crippen LogP contribution in [0.1, 0.15) is 46.2 Å². The Balaban J connectivity index is 2.02. The number of esters is 1. The standard InChI is InChI=1S/C27H41N5O6/c1-8-31-21(16-30-12-13-32(18(5)15-30)26(34)28-17(3)4)23(25(33)38-9-2)24(29-27(31)35)20-14-19(36-6)10-11-22(20)37-7/h10-11,14,17-18,24H,8-9,12-13,15-16H2,1-7H3,(H,28,34)(H,29,35)/t18-,24-/m1/s1. The van der Waals surface area contributed by atoms with Crippen molar-refractivity contribution >= 4 is 18.0 Å². The third kappa shape index (κ3) is 6.32. The molecule has 0 spiro atoms. The number of piperazine rings is 1. The van der Waals surface area contributed by atoms with Gasteiger partial charge in [-0.1, -0.05) is 0 Å². The number of nitrogens with one attached hydrogen (secondary N) is 2. The maximum absolute atomic E-state index is 13.5. The number of ether oxygens (including phenoxy) is 3. The van der Waals surface area contributed by atoms with Crippen molar-refractivity contribution in [3.8, 4) is 11.5 Å². The lowest BCUT2D eigenvalue weighted by Gasteiger charge is -2.43. The summed E-state index contributed by atoms with van der Waals surface area (Å²) in [6.45, 7) is 12.1. The van der Waals surface area contributed by atoms with Gasteiger partial charge in [0.2, 0.25) is 0 Å². The Morgan fingerprint density at radius 3 is 2.47 bits per heavy atom. The van der Waals surface area contributed by atoms with Gasteiger partial charge in [0.05, 0.1) is 32.4 Å². The van der Waals surface area contributed by atoms with Crippen LogP contribution in [0.4, 0.5) is 9.59 Å². The number of amides is 4. The van der Waals surface area contributed by atoms with Crippen molar-refractivity contribution in [2.75, 3.05) is 53.6 Å². The molecule has 1 aromatic carbocycles. The molecular weight excluding hydrogens is 490 g/mol. The zero-order chi connectivity index (χ0) is 28.0. The maximum Gasteiger partial charge on any atom is 0.338 e. The number of benzene rings is 1. The highest BCUT2D eigenvalue weighted by atomic mass is 16.5. The minimum absolute atomic E-state index is 0.0455. The molecule has 1 aromatic rings. The molecule has 2 aliphatic rings. The minimum atomic E-state index is -0.792. The molecule has 0 aliphatic carbocycles. The van der Waals surface area contributed by atoms with E-state index in [1.165, 1.54) is 0 Å². The van der Waals surface area contributed by atoms with Gasteiger partial charge in [-0.3, -0.25) is 9.80 Å². The predicted octanol–water partition coefficient (Wildman–Crippen LogP) is 2.73. The van der Waals surface area contributed by atoms with E-state index in [1.807, 2.05) is 32.6 Å². The Bertz CT molecular complexity index is 1060. The van der Waals surface area contributed by atoms with Gasteiger partial charge in [-0.05, 0) is 52.8 Å². The summed E-state index contributed by atoms with van der Waals surface area (Å²) in [5, 5.41) is 5.93. The molecule has 2 N–H and O–H groups in total. The van der Waals surface area contributed by atoms with E-state index >= 15 is 0 Å². The molecule has 11 nitrogen and oxygen atoms in total. The fourth-order valence-corrected chi connectivity index (χ4v) is 4.98. The van der Waals surface area contributed by atoms with Crippen LogP contribution in [0.3, 0.4) is 0 Å². The van der Waals surface area contributed by atoms with Crippen LogP contribution in [0.2, 0.25) is 0 Å². The average Bonchev–Trinajstić information content (AvgIpc) is 2.87. The number of hydrogen-bond donors (Lipinski definition) is 2. The molecular formula is C27H41N5O6. The van der Waals surface area contributed by atoms with Crippen LogP contribution < -0.4 is 20.1 Å². The summed E-state index contributed by atoms with van der Waals surface area (Å²) in [7, 11) is 3.10. The summed E-state index contributed by atoms with van der Waals surface area (Å²) < 4.78 is 16.5. The van der Waals surface area contributed by atoms with E-state index in [9.17, 15) is 14.4 Å². The lowest BCUT2D eigenvalue weighted by Crippen LogP contribution is -2.58. The van der Waals surface area contributed by atoms with E-state index in [4.69, 9.17) is 14.2 Å². The molecule has 0 aromatic heterocycles. The summed E-state index contributed by atoms with van der Waals surface area (Å²) in [6, 6.07) is 4.08. The predicted molar refractivity (Wildman–Crippen MR) is 143 cm³/mol. The third-order valence-electron chi connectivity index (χ3n) is 6.76. The van der Waals surface area contributed by atoms with E-state index in [0.29, 0.717) is 61.1 Å². The second kappa shape index (κ2) is 12.9. The molecule has 0 bridgehead atoms. The number of urea groups is 2. The maximum atomic E-state index is 13.5. The Morgan fingerprint density at radius 1 is 1.16 bits per heavy atom. The molecule has 0 unspecified atom stereocenters. The van der Waals surface area contributed by atoms with Crippen molar-refractivity contribution in [1.82, 2.24) is 25.3 Å². The van der Waals surface area contributed by atoms with E-state index in [0.717, 1.165) is 0 Å². The van der Waals surface area contributed by atoms with Crippen molar-refractivity contribution in [1.29, 1.82) is 0 Å². The number of rotatable bonds is 9. The molecule has 0 saturated carbocycles. The normalized spacial score (nSPS) is 20.4. The first-order valence-electron chi connectivity index (χ1n) is 13.1. The van der Waals surface area contributed by atoms with E-state index in [2.05, 4.69) is 15.5 Å². The second-order valence-electron chi connectivity index (χ2n) is 9.70. The van der Waals surface area contributed by atoms with Gasteiger partial charge in [-0.15, -0.1) is 0 Å². The number of methoxy groups -OCH3 is 2. The first-order chi connectivity index (χ1) is 18.1. The number of nitrogens with zero attached hydrogens (tertiary/aromatic N) is 3. The number of carbonyl (C=O) groups is 3. The highest BCUT2D eigenvalue weighted by Gasteiger charge is 2.40. The number of carbonyl (C=O) groups excluding carboxylic acids is 3. The first-order valence-corrected chi connectivity index (χ1v) is 13.1. The topological polar surface area (TPSA) is 113 Å². The minimum Gasteiger partial charge on any atom is -0.497 e. The Labute approximate surface area is 225 Å². The molecule has 2 heterocycles. The smallest absolute Gasteiger partial charge is 0.338 e. The Kier molecular flexibility index (Phi) is 9.84. The second-order valence-corrected chi connectivity index (χ2v) is 9.70. The average molecular weight is 532 g/mol. The van der Waals surface area contributed by atoms with Gasteiger partial charge in [0.15, 0.2) is 0 Å². The van der Waals surface area contributed by atoms with Crippen molar-refractivity contribution in [3.63, 3.8) is 0 Å². The van der Waals surface area contributed by atoms with Gasteiger partial charge in [0.1, 0.15) is 11.5 Å². The van der Waals surface area contributed by atoms with Crippen molar-refractivity contribution in [2.45, 2.75) is 52.7 Å². The lowest BCUT2D eigenvalue weighted by molar-refractivity contribution is -0.139. The third-order valence-corrected chi connectivity index (χ3v) is 6.76. The lowest BCUT2D eigenvalue weighted by atomic mass is 9.93. The van der Waals surface area contributed by atoms with Gasteiger partial charge in [-0.25, -0.2) is 14.4 Å². The van der Waals surface area contributed by atoms with Crippen LogP contribution >= 0.6 is 0 Å². The zero-order valence-corrected chi connectivity index (χ0v) is 23.5. The summed E-state index contributed by atoms with van der Waals surface area (Å²) >= 11 is 0. The molecule has 2 atom stereocenters. The zero-order valence-electron chi connectivity index (χ0n) is 23.5. The molecule has 2 aliphatic heterocycles. The van der Waals surface area contributed by atoms with Crippen LogP contribution in [0.5, 0.6) is 11.5 Å². The fraction of sp³-hybridized carbons (Fsp3) is 0.593. The van der Waals surface area contributed by atoms with Gasteiger partial charge in [0.25, 0.3) is 0 Å². The van der Waals surface area contributed by atoms with Crippen molar-refractivity contribution in [2.24, 2.45) is 0 Å². The number of likely N-dealkylation sites (N-methyl/N-ethyl adjacent to an activating group) is 1. The highest BCUT2D eigenvalue weighted by Crippen LogP contribution is 2.38. The summed E-state index contributed by atoms with van der Waals surface area (Å²) in [6.07, 6.45) is 0. The quantitative estimate of drug-likeness (QED) is 0.471. The molecule has 4 amide bonds. The van der Waals surface area contributed by atoms with Gasteiger partial charge >= 0.3 is 18.0 Å². The van der Waals surface area contributed by atoms with Crippen LogP contribution in [-0.4, -0.2) is 98.4 Å². The largest absolute Gasteiger partial charge is 0.497 e. The highest BCUT2D eigenvalue weighted by molar-refractivity contribution is 5.95. The summed E-state index contributed by atoms with van der Waals surface area (Å²) in [5.74, 6) is 0.585. The van der Waals surface area contributed by atoms with Gasteiger partial charge in [0, 0.05) is 56.1 Å². The summed E-state index contributed by atoms with van der Waals surface area (Å²) in [4.78, 5) is 45.0. The fourth-order valence-electron chi connectivity index (χ4n) is 4.98. The van der Waals surface area contributed by atoms with Crippen molar-refractivity contribution < 1.29 is 28.6 Å². The van der Waals surface area contributed by atoms with Crippen LogP contribution in [-0.2, 0) is 9.53 Å². The monoisotopic (exact) mass is 531 g/mol. The van der Waals surface area contributed by atoms with Gasteiger partial charge < -0.3 is 29.7 Å². The van der Waals surface area contributed by atoms with Crippen LogP contribution in [0.25, 0.3) is 0 Å².